The number of benzene rings is 1. The van der Waals surface area contributed by atoms with Crippen LogP contribution in [0.1, 0.15) is 11.3 Å². The lowest BCUT2D eigenvalue weighted by Gasteiger charge is -2.22. The SMILES string of the molecule is CN=C(NCc1cccc(OC)n1)N(C)Cc1cccc(Cl)c1. The molecule has 0 spiro atoms. The Morgan fingerprint density at radius 2 is 2.09 bits per heavy atom. The highest BCUT2D eigenvalue weighted by molar-refractivity contribution is 6.30. The van der Waals surface area contributed by atoms with Crippen molar-refractivity contribution >= 4 is 17.6 Å². The predicted molar refractivity (Wildman–Crippen MR) is 93.9 cm³/mol. The highest BCUT2D eigenvalue weighted by Gasteiger charge is 2.07. The number of ether oxygens (including phenoxy) is 1. The molecule has 0 unspecified atom stereocenters. The fourth-order valence-corrected chi connectivity index (χ4v) is 2.42. The number of hydrogen-bond donors (Lipinski definition) is 1. The van der Waals surface area contributed by atoms with Crippen molar-refractivity contribution in [3.63, 3.8) is 0 Å². The summed E-state index contributed by atoms with van der Waals surface area (Å²) < 4.78 is 5.13. The second-order valence-electron chi connectivity index (χ2n) is 5.06. The summed E-state index contributed by atoms with van der Waals surface area (Å²) in [5.74, 6) is 1.39. The van der Waals surface area contributed by atoms with Gasteiger partial charge < -0.3 is 15.0 Å². The van der Waals surface area contributed by atoms with E-state index < -0.39 is 0 Å². The van der Waals surface area contributed by atoms with E-state index in [0.717, 1.165) is 22.2 Å². The molecule has 23 heavy (non-hydrogen) atoms. The Morgan fingerprint density at radius 1 is 1.30 bits per heavy atom. The van der Waals surface area contributed by atoms with Crippen LogP contribution in [0.25, 0.3) is 0 Å². The smallest absolute Gasteiger partial charge is 0.213 e. The number of aromatic nitrogens is 1. The van der Waals surface area contributed by atoms with Crippen molar-refractivity contribution in [3.8, 4) is 5.88 Å². The molecule has 0 saturated carbocycles. The minimum Gasteiger partial charge on any atom is -0.481 e. The monoisotopic (exact) mass is 332 g/mol. The molecule has 0 aliphatic heterocycles. The van der Waals surface area contributed by atoms with Crippen LogP contribution in [-0.2, 0) is 13.1 Å². The van der Waals surface area contributed by atoms with Gasteiger partial charge in [0.2, 0.25) is 5.88 Å². The zero-order valence-electron chi connectivity index (χ0n) is 13.6. The van der Waals surface area contributed by atoms with Crippen LogP contribution in [0, 0.1) is 0 Å². The maximum atomic E-state index is 6.03. The number of rotatable bonds is 5. The summed E-state index contributed by atoms with van der Waals surface area (Å²) >= 11 is 6.03. The summed E-state index contributed by atoms with van der Waals surface area (Å²) in [5.41, 5.74) is 2.02. The van der Waals surface area contributed by atoms with E-state index in [9.17, 15) is 0 Å². The van der Waals surface area contributed by atoms with Crippen molar-refractivity contribution in [3.05, 3.63) is 58.7 Å². The van der Waals surface area contributed by atoms with Crippen LogP contribution in [0.2, 0.25) is 5.02 Å². The quantitative estimate of drug-likeness (QED) is 0.675. The fourth-order valence-electron chi connectivity index (χ4n) is 2.21. The van der Waals surface area contributed by atoms with Gasteiger partial charge in [0, 0.05) is 31.7 Å². The number of nitrogens with one attached hydrogen (secondary N) is 1. The van der Waals surface area contributed by atoms with Gasteiger partial charge in [-0.2, -0.15) is 0 Å². The third kappa shape index (κ3) is 5.14. The number of nitrogens with zero attached hydrogens (tertiary/aromatic N) is 3. The van der Waals surface area contributed by atoms with Crippen molar-refractivity contribution in [1.29, 1.82) is 0 Å². The zero-order valence-corrected chi connectivity index (χ0v) is 14.3. The van der Waals surface area contributed by atoms with Gasteiger partial charge in [-0.15, -0.1) is 0 Å². The first-order valence-electron chi connectivity index (χ1n) is 7.28. The molecule has 0 aliphatic rings. The molecule has 0 fully saturated rings. The lowest BCUT2D eigenvalue weighted by atomic mass is 10.2. The number of hydrogen-bond acceptors (Lipinski definition) is 3. The summed E-state index contributed by atoms with van der Waals surface area (Å²) in [6.07, 6.45) is 0. The normalized spacial score (nSPS) is 11.2. The third-order valence-corrected chi connectivity index (χ3v) is 3.54. The number of halogens is 1. The molecule has 6 heteroatoms. The molecule has 0 atom stereocenters. The molecule has 0 aliphatic carbocycles. The van der Waals surface area contributed by atoms with Crippen LogP contribution in [0.4, 0.5) is 0 Å². The molecule has 1 aromatic heterocycles. The maximum absolute atomic E-state index is 6.03. The minimum absolute atomic E-state index is 0.573. The van der Waals surface area contributed by atoms with Crippen LogP contribution in [0.3, 0.4) is 0 Å². The van der Waals surface area contributed by atoms with E-state index in [-0.39, 0.29) is 0 Å². The second-order valence-corrected chi connectivity index (χ2v) is 5.49. The molecular weight excluding hydrogens is 312 g/mol. The van der Waals surface area contributed by atoms with E-state index in [0.29, 0.717) is 19.0 Å². The first kappa shape index (κ1) is 17.1. The van der Waals surface area contributed by atoms with Gasteiger partial charge >= 0.3 is 0 Å². The topological polar surface area (TPSA) is 49.8 Å². The van der Waals surface area contributed by atoms with Crippen molar-refractivity contribution in [2.75, 3.05) is 21.2 Å². The summed E-state index contributed by atoms with van der Waals surface area (Å²) in [4.78, 5) is 10.7. The van der Waals surface area contributed by atoms with E-state index in [1.807, 2.05) is 54.4 Å². The highest BCUT2D eigenvalue weighted by Crippen LogP contribution is 2.12. The summed E-state index contributed by atoms with van der Waals surface area (Å²) in [6, 6.07) is 13.5. The van der Waals surface area contributed by atoms with Crippen LogP contribution in [-0.4, -0.2) is 37.0 Å². The van der Waals surface area contributed by atoms with E-state index in [4.69, 9.17) is 16.3 Å². The first-order chi connectivity index (χ1) is 11.1. The average Bonchev–Trinajstić information content (AvgIpc) is 2.55. The summed E-state index contributed by atoms with van der Waals surface area (Å²) in [6.45, 7) is 1.29. The predicted octanol–water partition coefficient (Wildman–Crippen LogP) is 2.95. The first-order valence-corrected chi connectivity index (χ1v) is 7.66. The van der Waals surface area contributed by atoms with E-state index in [1.54, 1.807) is 14.2 Å². The standard InChI is InChI=1S/C17H21ClN4O/c1-19-17(20-11-15-8-5-9-16(21-15)23-3)22(2)12-13-6-4-7-14(18)10-13/h4-10H,11-12H2,1-3H3,(H,19,20). The Labute approximate surface area is 142 Å². The largest absolute Gasteiger partial charge is 0.481 e. The number of guanidine groups is 1. The van der Waals surface area contributed by atoms with E-state index in [1.165, 1.54) is 0 Å². The van der Waals surface area contributed by atoms with Gasteiger partial charge in [0.25, 0.3) is 0 Å². The average molecular weight is 333 g/mol. The maximum Gasteiger partial charge on any atom is 0.213 e. The molecule has 1 heterocycles. The van der Waals surface area contributed by atoms with Crippen LogP contribution in [0.5, 0.6) is 5.88 Å². The lowest BCUT2D eigenvalue weighted by Crippen LogP contribution is -2.38. The molecule has 0 bridgehead atoms. The lowest BCUT2D eigenvalue weighted by molar-refractivity contribution is 0.396. The Hall–Kier alpha value is -2.27. The molecule has 1 aromatic carbocycles. The number of aliphatic imine (C=N–C) groups is 1. The van der Waals surface area contributed by atoms with Crippen molar-refractivity contribution in [2.45, 2.75) is 13.1 Å². The fraction of sp³-hybridized carbons (Fsp3) is 0.294. The van der Waals surface area contributed by atoms with Gasteiger partial charge in [0.15, 0.2) is 5.96 Å². The van der Waals surface area contributed by atoms with Gasteiger partial charge in [-0.05, 0) is 23.8 Å². The highest BCUT2D eigenvalue weighted by atomic mass is 35.5. The molecule has 0 amide bonds. The van der Waals surface area contributed by atoms with Crippen LogP contribution < -0.4 is 10.1 Å². The summed E-state index contributed by atoms with van der Waals surface area (Å²) in [7, 11) is 5.35. The Morgan fingerprint density at radius 3 is 2.78 bits per heavy atom. The van der Waals surface area contributed by atoms with Crippen molar-refractivity contribution in [2.24, 2.45) is 4.99 Å². The minimum atomic E-state index is 0.573. The van der Waals surface area contributed by atoms with Gasteiger partial charge in [0.05, 0.1) is 19.3 Å². The number of pyridine rings is 1. The van der Waals surface area contributed by atoms with E-state index in [2.05, 4.69) is 15.3 Å². The van der Waals surface area contributed by atoms with Gasteiger partial charge in [-0.1, -0.05) is 29.8 Å². The Bertz CT molecular complexity index is 675. The summed E-state index contributed by atoms with van der Waals surface area (Å²) in [5, 5.41) is 4.03. The van der Waals surface area contributed by atoms with Gasteiger partial charge in [-0.25, -0.2) is 4.98 Å². The van der Waals surface area contributed by atoms with Crippen LogP contribution >= 0.6 is 11.6 Å². The molecule has 1 N–H and O–H groups in total. The second kappa shape index (κ2) is 8.39. The van der Waals surface area contributed by atoms with Crippen molar-refractivity contribution < 1.29 is 4.74 Å². The Kier molecular flexibility index (Phi) is 6.23. The van der Waals surface area contributed by atoms with Crippen LogP contribution in [0.15, 0.2) is 47.5 Å². The van der Waals surface area contributed by atoms with Gasteiger partial charge in [-0.3, -0.25) is 4.99 Å². The molecule has 2 rings (SSSR count). The van der Waals surface area contributed by atoms with E-state index >= 15 is 0 Å². The van der Waals surface area contributed by atoms with Gasteiger partial charge in [0.1, 0.15) is 0 Å². The number of methoxy groups -OCH3 is 1. The zero-order chi connectivity index (χ0) is 16.7. The molecule has 0 saturated heterocycles. The van der Waals surface area contributed by atoms with Crippen molar-refractivity contribution in [1.82, 2.24) is 15.2 Å². The third-order valence-electron chi connectivity index (χ3n) is 3.30. The Balaban J connectivity index is 1.96. The molecule has 0 radical (unpaired) electrons. The molecule has 122 valence electrons. The molecule has 5 nitrogen and oxygen atoms in total. The molecule has 2 aromatic rings. The molecular formula is C17H21ClN4O.